The van der Waals surface area contributed by atoms with E-state index >= 15 is 0 Å². The first kappa shape index (κ1) is 14.4. The van der Waals surface area contributed by atoms with Crippen molar-refractivity contribution in [3.05, 3.63) is 0 Å². The number of hydrogen-bond donors (Lipinski definition) is 2. The minimum absolute atomic E-state index is 0.0425. The van der Waals surface area contributed by atoms with Crippen molar-refractivity contribution in [1.82, 2.24) is 10.2 Å². The maximum atomic E-state index is 11.2. The van der Waals surface area contributed by atoms with E-state index in [1.807, 2.05) is 0 Å². The minimum Gasteiger partial charge on any atom is -0.480 e. The van der Waals surface area contributed by atoms with Crippen LogP contribution in [0.4, 0.5) is 0 Å². The van der Waals surface area contributed by atoms with Crippen LogP contribution in [0.1, 0.15) is 26.2 Å². The van der Waals surface area contributed by atoms with Gasteiger partial charge in [0.1, 0.15) is 6.04 Å². The van der Waals surface area contributed by atoms with Crippen LogP contribution in [-0.4, -0.2) is 47.9 Å². The number of nitrogens with zero attached hydrogens (tertiary/aromatic N) is 1. The number of carbonyl (C=O) groups is 3. The van der Waals surface area contributed by atoms with Crippen LogP contribution in [0, 0.1) is 0 Å². The molecule has 0 rings (SSSR count). The Bertz CT molecular complexity index is 276. The van der Waals surface area contributed by atoms with Crippen LogP contribution in [0.25, 0.3) is 0 Å². The second-order valence-corrected chi connectivity index (χ2v) is 3.77. The summed E-state index contributed by atoms with van der Waals surface area (Å²) in [6.45, 7) is 1.39. The van der Waals surface area contributed by atoms with Crippen LogP contribution >= 0.6 is 0 Å². The maximum absolute atomic E-state index is 11.2. The third-order valence-corrected chi connectivity index (χ3v) is 2.04. The van der Waals surface area contributed by atoms with Gasteiger partial charge in [0.15, 0.2) is 0 Å². The lowest BCUT2D eigenvalue weighted by molar-refractivity contribution is -0.141. The van der Waals surface area contributed by atoms with Gasteiger partial charge in [-0.1, -0.05) is 0 Å². The monoisotopic (exact) mass is 230 g/mol. The van der Waals surface area contributed by atoms with Gasteiger partial charge in [-0.15, -0.1) is 0 Å². The molecule has 1 atom stereocenters. The number of rotatable bonds is 6. The lowest BCUT2D eigenvalue weighted by Gasteiger charge is -2.11. The molecule has 0 aromatic rings. The summed E-state index contributed by atoms with van der Waals surface area (Å²) in [6, 6.07) is -0.892. The van der Waals surface area contributed by atoms with Crippen LogP contribution in [0.5, 0.6) is 0 Å². The van der Waals surface area contributed by atoms with Gasteiger partial charge in [-0.2, -0.15) is 0 Å². The lowest BCUT2D eigenvalue weighted by Crippen LogP contribution is -2.38. The Morgan fingerprint density at radius 1 is 1.25 bits per heavy atom. The summed E-state index contributed by atoms with van der Waals surface area (Å²) in [5.74, 6) is -1.46. The van der Waals surface area contributed by atoms with E-state index in [2.05, 4.69) is 5.32 Å². The molecule has 0 spiro atoms. The molecule has 0 aliphatic rings. The van der Waals surface area contributed by atoms with Crippen molar-refractivity contribution in [3.63, 3.8) is 0 Å². The molecule has 16 heavy (non-hydrogen) atoms. The number of amides is 2. The third kappa shape index (κ3) is 6.00. The number of carboxylic acids is 1. The molecule has 0 unspecified atom stereocenters. The summed E-state index contributed by atoms with van der Waals surface area (Å²) in [7, 11) is 3.30. The molecule has 2 amide bonds. The first-order valence-electron chi connectivity index (χ1n) is 5.07. The molecule has 0 radical (unpaired) electrons. The SMILES string of the molecule is C[C@@H](NC(=O)CCCC(=O)N(C)C)C(=O)O. The van der Waals surface area contributed by atoms with Crippen molar-refractivity contribution in [2.75, 3.05) is 14.1 Å². The topological polar surface area (TPSA) is 86.7 Å². The van der Waals surface area contributed by atoms with Gasteiger partial charge >= 0.3 is 5.97 Å². The molecule has 2 N–H and O–H groups in total. The smallest absolute Gasteiger partial charge is 0.325 e. The third-order valence-electron chi connectivity index (χ3n) is 2.04. The van der Waals surface area contributed by atoms with Gasteiger partial charge < -0.3 is 15.3 Å². The van der Waals surface area contributed by atoms with Crippen LogP contribution in [0.3, 0.4) is 0 Å². The summed E-state index contributed by atoms with van der Waals surface area (Å²) in [6.07, 6.45) is 0.883. The van der Waals surface area contributed by atoms with E-state index in [1.54, 1.807) is 14.1 Å². The van der Waals surface area contributed by atoms with E-state index in [0.717, 1.165) is 0 Å². The van der Waals surface area contributed by atoms with E-state index in [1.165, 1.54) is 11.8 Å². The van der Waals surface area contributed by atoms with Crippen molar-refractivity contribution < 1.29 is 19.5 Å². The summed E-state index contributed by atoms with van der Waals surface area (Å²) < 4.78 is 0. The Labute approximate surface area is 94.6 Å². The molecule has 6 heteroatoms. The van der Waals surface area contributed by atoms with Crippen molar-refractivity contribution in [1.29, 1.82) is 0 Å². The molecule has 0 heterocycles. The normalized spacial score (nSPS) is 11.7. The van der Waals surface area contributed by atoms with Gasteiger partial charge in [0.25, 0.3) is 0 Å². The highest BCUT2D eigenvalue weighted by molar-refractivity contribution is 5.83. The molecule has 0 aliphatic carbocycles. The van der Waals surface area contributed by atoms with E-state index in [4.69, 9.17) is 5.11 Å². The second-order valence-electron chi connectivity index (χ2n) is 3.77. The van der Waals surface area contributed by atoms with Gasteiger partial charge in [-0.3, -0.25) is 14.4 Å². The Balaban J connectivity index is 3.75. The first-order chi connectivity index (χ1) is 7.34. The number of hydrogen-bond acceptors (Lipinski definition) is 3. The van der Waals surface area contributed by atoms with Crippen LogP contribution in [-0.2, 0) is 14.4 Å². The molecule has 0 aromatic carbocycles. The van der Waals surface area contributed by atoms with Crippen molar-refractivity contribution in [2.45, 2.75) is 32.2 Å². The summed E-state index contributed by atoms with van der Waals surface area (Å²) in [4.78, 5) is 34.3. The highest BCUT2D eigenvalue weighted by atomic mass is 16.4. The molecule has 92 valence electrons. The Morgan fingerprint density at radius 3 is 2.25 bits per heavy atom. The van der Waals surface area contributed by atoms with Gasteiger partial charge in [0, 0.05) is 26.9 Å². The fourth-order valence-corrected chi connectivity index (χ4v) is 0.999. The van der Waals surface area contributed by atoms with Crippen molar-refractivity contribution in [2.24, 2.45) is 0 Å². The van der Waals surface area contributed by atoms with Gasteiger partial charge in [0.05, 0.1) is 0 Å². The summed E-state index contributed by atoms with van der Waals surface area (Å²) in [5.41, 5.74) is 0. The van der Waals surface area contributed by atoms with Gasteiger partial charge in [0.2, 0.25) is 11.8 Å². The summed E-state index contributed by atoms with van der Waals surface area (Å²) >= 11 is 0. The Hall–Kier alpha value is -1.59. The number of carbonyl (C=O) groups excluding carboxylic acids is 2. The fraction of sp³-hybridized carbons (Fsp3) is 0.700. The average molecular weight is 230 g/mol. The minimum atomic E-state index is -1.07. The molecule has 0 saturated carbocycles. The van der Waals surface area contributed by atoms with E-state index in [9.17, 15) is 14.4 Å². The lowest BCUT2D eigenvalue weighted by atomic mass is 10.2. The maximum Gasteiger partial charge on any atom is 0.325 e. The van der Waals surface area contributed by atoms with E-state index in [-0.39, 0.29) is 18.2 Å². The van der Waals surface area contributed by atoms with E-state index < -0.39 is 12.0 Å². The molecule has 0 aromatic heterocycles. The quantitative estimate of drug-likeness (QED) is 0.663. The standard InChI is InChI=1S/C10H18N2O4/c1-7(10(15)16)11-8(13)5-4-6-9(14)12(2)3/h7H,4-6H2,1-3H3,(H,11,13)(H,15,16)/t7-/m1/s1. The molecule has 0 bridgehead atoms. The molecule has 0 fully saturated rings. The Kier molecular flexibility index (Phi) is 6.14. The molecular formula is C10H18N2O4. The van der Waals surface area contributed by atoms with Crippen LogP contribution in [0.2, 0.25) is 0 Å². The Morgan fingerprint density at radius 2 is 1.81 bits per heavy atom. The average Bonchev–Trinajstić information content (AvgIpc) is 2.16. The van der Waals surface area contributed by atoms with Crippen LogP contribution in [0.15, 0.2) is 0 Å². The number of carboxylic acid groups (broad SMARTS) is 1. The first-order valence-corrected chi connectivity index (χ1v) is 5.07. The largest absolute Gasteiger partial charge is 0.480 e. The molecule has 0 saturated heterocycles. The molecule has 6 nitrogen and oxygen atoms in total. The van der Waals surface area contributed by atoms with Gasteiger partial charge in [-0.25, -0.2) is 0 Å². The van der Waals surface area contributed by atoms with E-state index in [0.29, 0.717) is 12.8 Å². The highest BCUT2D eigenvalue weighted by Gasteiger charge is 2.13. The van der Waals surface area contributed by atoms with Crippen molar-refractivity contribution in [3.8, 4) is 0 Å². The van der Waals surface area contributed by atoms with Crippen LogP contribution < -0.4 is 5.32 Å². The fourth-order valence-electron chi connectivity index (χ4n) is 0.999. The number of aliphatic carboxylic acids is 1. The second kappa shape index (κ2) is 6.81. The summed E-state index contributed by atoms with van der Waals surface area (Å²) in [5, 5.41) is 10.9. The van der Waals surface area contributed by atoms with Crippen molar-refractivity contribution >= 4 is 17.8 Å². The molecule has 0 aliphatic heterocycles. The predicted octanol–water partition coefficient (Wildman–Crippen LogP) is -0.166. The zero-order chi connectivity index (χ0) is 12.7. The van der Waals surface area contributed by atoms with Gasteiger partial charge in [-0.05, 0) is 13.3 Å². The predicted molar refractivity (Wildman–Crippen MR) is 57.8 cm³/mol. The zero-order valence-electron chi connectivity index (χ0n) is 9.82. The molecular weight excluding hydrogens is 212 g/mol. The zero-order valence-corrected chi connectivity index (χ0v) is 9.82. The highest BCUT2D eigenvalue weighted by Crippen LogP contribution is 1.98. The number of nitrogens with one attached hydrogen (secondary N) is 1.